The molecular weight excluding hydrogens is 177 g/mol. The summed E-state index contributed by atoms with van der Waals surface area (Å²) in [4.78, 5) is 0. The summed E-state index contributed by atoms with van der Waals surface area (Å²) in [6.07, 6.45) is 2.59. The van der Waals surface area contributed by atoms with Crippen molar-refractivity contribution in [2.75, 3.05) is 13.1 Å². The first-order valence-electron chi connectivity index (χ1n) is 3.27. The Bertz CT molecular complexity index is 41.8. The van der Waals surface area contributed by atoms with Crippen LogP contribution < -0.4 is 0 Å². The van der Waals surface area contributed by atoms with Crippen LogP contribution in [0.15, 0.2) is 0 Å². The van der Waals surface area contributed by atoms with E-state index in [1.807, 2.05) is 0 Å². The van der Waals surface area contributed by atoms with Gasteiger partial charge in [-0.3, -0.25) is 0 Å². The SMILES string of the molecule is CCC[N]([Zr])CCC. The molecule has 0 rings (SSSR count). The van der Waals surface area contributed by atoms with Gasteiger partial charge in [0.15, 0.2) is 0 Å². The summed E-state index contributed by atoms with van der Waals surface area (Å²) in [5.74, 6) is 0. The molecule has 0 aromatic rings. The summed E-state index contributed by atoms with van der Waals surface area (Å²) in [6, 6.07) is 0. The van der Waals surface area contributed by atoms with Gasteiger partial charge in [-0.25, -0.2) is 0 Å². The quantitative estimate of drug-likeness (QED) is 0.652. The zero-order valence-corrected chi connectivity index (χ0v) is 8.23. The Morgan fingerprint density at radius 2 is 1.50 bits per heavy atom. The molecule has 0 unspecified atom stereocenters. The molecule has 0 atom stereocenters. The molecule has 0 saturated heterocycles. The first-order valence-corrected chi connectivity index (χ1v) is 4.37. The number of nitrogens with zero attached hydrogens (tertiary/aromatic N) is 1. The van der Waals surface area contributed by atoms with Gasteiger partial charge in [0, 0.05) is 0 Å². The van der Waals surface area contributed by atoms with Gasteiger partial charge in [-0.2, -0.15) is 0 Å². The van der Waals surface area contributed by atoms with Gasteiger partial charge in [0.05, 0.1) is 0 Å². The van der Waals surface area contributed by atoms with E-state index < -0.39 is 0 Å². The monoisotopic (exact) mass is 190 g/mol. The fourth-order valence-corrected chi connectivity index (χ4v) is 1.75. The van der Waals surface area contributed by atoms with Gasteiger partial charge in [-0.1, -0.05) is 0 Å². The van der Waals surface area contributed by atoms with Crippen LogP contribution in [0.2, 0.25) is 0 Å². The van der Waals surface area contributed by atoms with E-state index in [9.17, 15) is 0 Å². The first kappa shape index (κ1) is 8.84. The van der Waals surface area contributed by atoms with Crippen LogP contribution in [0, 0.1) is 0 Å². The normalized spacial score (nSPS) is 10.2. The van der Waals surface area contributed by atoms with Crippen molar-refractivity contribution < 1.29 is 25.0 Å². The van der Waals surface area contributed by atoms with Crippen LogP contribution in [0.1, 0.15) is 26.7 Å². The Hall–Kier alpha value is 0.843. The minimum atomic E-state index is 1.28. The molecule has 0 spiro atoms. The number of rotatable bonds is 4. The molecule has 0 aromatic carbocycles. The Balaban J connectivity index is 2.92. The Morgan fingerprint density at radius 1 is 1.12 bits per heavy atom. The third-order valence-electron chi connectivity index (χ3n) is 0.987. The van der Waals surface area contributed by atoms with Crippen molar-refractivity contribution in [1.82, 2.24) is 2.84 Å². The summed E-state index contributed by atoms with van der Waals surface area (Å²) in [5.41, 5.74) is 0. The predicted octanol–water partition coefficient (Wildman–Crippen LogP) is 1.57. The van der Waals surface area contributed by atoms with Crippen LogP contribution in [0.3, 0.4) is 0 Å². The second-order valence-electron chi connectivity index (χ2n) is 1.99. The average molecular weight is 191 g/mol. The fourth-order valence-electron chi connectivity index (χ4n) is 0.652. The summed E-state index contributed by atoms with van der Waals surface area (Å²) in [6.45, 7) is 7.03. The molecule has 0 aliphatic heterocycles. The summed E-state index contributed by atoms with van der Waals surface area (Å²) in [5, 5.41) is 0. The van der Waals surface area contributed by atoms with E-state index in [1.165, 1.54) is 25.9 Å². The molecule has 0 aromatic heterocycles. The van der Waals surface area contributed by atoms with Gasteiger partial charge >= 0.3 is 67.6 Å². The Labute approximate surface area is 67.7 Å². The van der Waals surface area contributed by atoms with Crippen LogP contribution in [0.25, 0.3) is 0 Å². The standard InChI is InChI=1S/C6H14N.Zr/c1-3-5-7-6-4-2;/h3-6H2,1-2H3;/q-1;+1. The van der Waals surface area contributed by atoms with E-state index in [2.05, 4.69) is 16.7 Å². The molecule has 0 aliphatic rings. The molecule has 0 heterocycles. The first-order chi connectivity index (χ1) is 3.81. The van der Waals surface area contributed by atoms with Crippen molar-refractivity contribution in [2.45, 2.75) is 26.7 Å². The van der Waals surface area contributed by atoms with E-state index in [0.29, 0.717) is 0 Å². The zero-order chi connectivity index (χ0) is 6.41. The number of hydrogen-bond acceptors (Lipinski definition) is 1. The van der Waals surface area contributed by atoms with Gasteiger partial charge in [0.2, 0.25) is 0 Å². The molecule has 2 heteroatoms. The Kier molecular flexibility index (Phi) is 6.60. The van der Waals surface area contributed by atoms with Crippen molar-refractivity contribution in [2.24, 2.45) is 0 Å². The molecule has 0 bridgehead atoms. The number of hydrogen-bond donors (Lipinski definition) is 0. The van der Waals surface area contributed by atoms with Crippen molar-refractivity contribution >= 4 is 0 Å². The Morgan fingerprint density at radius 3 is 1.75 bits per heavy atom. The summed E-state index contributed by atoms with van der Waals surface area (Å²) < 4.78 is 2.45. The third kappa shape index (κ3) is 4.99. The topological polar surface area (TPSA) is 3.24 Å². The van der Waals surface area contributed by atoms with Gasteiger partial charge in [-0.15, -0.1) is 0 Å². The molecule has 0 radical (unpaired) electrons. The molecule has 0 fully saturated rings. The van der Waals surface area contributed by atoms with E-state index in [4.69, 9.17) is 0 Å². The molecule has 0 amide bonds. The molecule has 0 N–H and O–H groups in total. The van der Waals surface area contributed by atoms with Gasteiger partial charge in [-0.05, 0) is 0 Å². The van der Waals surface area contributed by atoms with Gasteiger partial charge in [0.25, 0.3) is 0 Å². The molecule has 8 heavy (non-hydrogen) atoms. The molecule has 0 saturated carbocycles. The maximum atomic E-state index is 2.45. The van der Waals surface area contributed by atoms with E-state index in [1.54, 1.807) is 25.0 Å². The zero-order valence-electron chi connectivity index (χ0n) is 5.78. The molecular formula is C6H14NZr. The fraction of sp³-hybridized carbons (Fsp3) is 1.00. The summed E-state index contributed by atoms with van der Waals surface area (Å²) in [7, 11) is 0. The van der Waals surface area contributed by atoms with E-state index in [0.717, 1.165) is 0 Å². The molecule has 47 valence electrons. The average Bonchev–Trinajstić information content (AvgIpc) is 1.68. The molecule has 0 aliphatic carbocycles. The van der Waals surface area contributed by atoms with Crippen molar-refractivity contribution in [3.05, 3.63) is 0 Å². The van der Waals surface area contributed by atoms with Crippen molar-refractivity contribution in [1.29, 1.82) is 0 Å². The van der Waals surface area contributed by atoms with Gasteiger partial charge in [0.1, 0.15) is 0 Å². The second kappa shape index (κ2) is 5.97. The van der Waals surface area contributed by atoms with Gasteiger partial charge < -0.3 is 0 Å². The van der Waals surface area contributed by atoms with E-state index >= 15 is 0 Å². The van der Waals surface area contributed by atoms with Crippen LogP contribution in [-0.2, 0) is 25.0 Å². The van der Waals surface area contributed by atoms with Crippen LogP contribution in [-0.4, -0.2) is 15.9 Å². The summed E-state index contributed by atoms with van der Waals surface area (Å²) >= 11 is 1.57. The third-order valence-corrected chi connectivity index (χ3v) is 2.09. The van der Waals surface area contributed by atoms with Crippen LogP contribution in [0.4, 0.5) is 0 Å². The van der Waals surface area contributed by atoms with Crippen LogP contribution >= 0.6 is 0 Å². The molecule has 1 nitrogen and oxygen atoms in total. The maximum absolute atomic E-state index is 2.45. The van der Waals surface area contributed by atoms with Crippen molar-refractivity contribution in [3.63, 3.8) is 0 Å². The predicted molar refractivity (Wildman–Crippen MR) is 32.2 cm³/mol. The van der Waals surface area contributed by atoms with Crippen LogP contribution in [0.5, 0.6) is 0 Å². The second-order valence-corrected chi connectivity index (χ2v) is 3.54. The van der Waals surface area contributed by atoms with E-state index in [-0.39, 0.29) is 0 Å². The minimum absolute atomic E-state index is 1.28. The van der Waals surface area contributed by atoms with Crippen molar-refractivity contribution in [3.8, 4) is 0 Å².